The molecule has 1 rings (SSSR count). The lowest BCUT2D eigenvalue weighted by atomic mass is 10.1. The number of hydrogen-bond donors (Lipinski definition) is 2. The zero-order valence-electron chi connectivity index (χ0n) is 9.59. The minimum atomic E-state index is -0.639. The molecule has 17 heavy (non-hydrogen) atoms. The summed E-state index contributed by atoms with van der Waals surface area (Å²) in [6, 6.07) is 3.91. The predicted molar refractivity (Wildman–Crippen MR) is 69.3 cm³/mol. The molecule has 0 aliphatic heterocycles. The van der Waals surface area contributed by atoms with Gasteiger partial charge in [0, 0.05) is 17.1 Å². The van der Waals surface area contributed by atoms with E-state index in [-0.39, 0.29) is 29.5 Å². The molecule has 1 amide bonds. The van der Waals surface area contributed by atoms with Gasteiger partial charge in [0.05, 0.1) is 5.56 Å². The molecule has 0 aliphatic carbocycles. The van der Waals surface area contributed by atoms with E-state index in [2.05, 4.69) is 5.32 Å². The lowest BCUT2D eigenvalue weighted by Crippen LogP contribution is -2.45. The Labute approximate surface area is 111 Å². The predicted octanol–water partition coefficient (Wildman–Crippen LogP) is 2.37. The molecule has 1 aromatic rings. The molecule has 0 saturated heterocycles. The number of amides is 1. The maximum Gasteiger partial charge on any atom is 0.254 e. The van der Waals surface area contributed by atoms with E-state index in [4.69, 9.17) is 17.3 Å². The fourth-order valence-electron chi connectivity index (χ4n) is 1.08. The largest absolute Gasteiger partial charge is 0.350 e. The molecule has 0 aromatic heterocycles. The Balaban J connectivity index is 0.00000256. The maximum absolute atomic E-state index is 13.3. The molecule has 0 radical (unpaired) electrons. The number of carbonyl (C=O) groups is 1. The molecule has 96 valence electrons. The quantitative estimate of drug-likeness (QED) is 0.893. The first kappa shape index (κ1) is 16.2. The maximum atomic E-state index is 13.3. The van der Waals surface area contributed by atoms with E-state index in [1.54, 1.807) is 13.8 Å². The molecule has 0 fully saturated rings. The van der Waals surface area contributed by atoms with E-state index in [1.807, 2.05) is 0 Å². The fraction of sp³-hybridized carbons (Fsp3) is 0.364. The van der Waals surface area contributed by atoms with Gasteiger partial charge in [-0.25, -0.2) is 4.39 Å². The van der Waals surface area contributed by atoms with Crippen LogP contribution in [0.4, 0.5) is 4.39 Å². The zero-order chi connectivity index (χ0) is 12.3. The molecule has 0 bridgehead atoms. The van der Waals surface area contributed by atoms with E-state index < -0.39 is 17.3 Å². The topological polar surface area (TPSA) is 55.1 Å². The highest BCUT2D eigenvalue weighted by atomic mass is 35.5. The van der Waals surface area contributed by atoms with E-state index in [9.17, 15) is 9.18 Å². The molecule has 0 spiro atoms. The van der Waals surface area contributed by atoms with Crippen molar-refractivity contribution in [2.75, 3.05) is 6.54 Å². The van der Waals surface area contributed by atoms with Gasteiger partial charge in [0.2, 0.25) is 0 Å². The van der Waals surface area contributed by atoms with Gasteiger partial charge in [-0.15, -0.1) is 12.4 Å². The SMILES string of the molecule is CC(C)(N)CNC(=O)c1ccc(Cl)cc1F.Cl. The highest BCUT2D eigenvalue weighted by Crippen LogP contribution is 2.14. The van der Waals surface area contributed by atoms with E-state index in [1.165, 1.54) is 12.1 Å². The molecule has 1 aromatic carbocycles. The summed E-state index contributed by atoms with van der Waals surface area (Å²) in [5.41, 5.74) is 5.13. The summed E-state index contributed by atoms with van der Waals surface area (Å²) in [5.74, 6) is -1.13. The Kier molecular flexibility index (Phi) is 5.88. The van der Waals surface area contributed by atoms with E-state index in [0.717, 1.165) is 6.07 Å². The zero-order valence-corrected chi connectivity index (χ0v) is 11.2. The Morgan fingerprint density at radius 2 is 2.12 bits per heavy atom. The first-order valence-corrected chi connectivity index (χ1v) is 5.19. The minimum absolute atomic E-state index is 0. The number of nitrogens with two attached hydrogens (primary N) is 1. The molecule has 6 heteroatoms. The third-order valence-corrected chi connectivity index (χ3v) is 2.12. The summed E-state index contributed by atoms with van der Waals surface area (Å²) >= 11 is 5.58. The van der Waals surface area contributed by atoms with Crippen LogP contribution in [0, 0.1) is 5.82 Å². The van der Waals surface area contributed by atoms with E-state index in [0.29, 0.717) is 0 Å². The molecule has 0 aliphatic rings. The van der Waals surface area contributed by atoms with Gasteiger partial charge in [0.25, 0.3) is 5.91 Å². The van der Waals surface area contributed by atoms with Crippen LogP contribution in [0.15, 0.2) is 18.2 Å². The van der Waals surface area contributed by atoms with Gasteiger partial charge in [0.1, 0.15) is 5.82 Å². The standard InChI is InChI=1S/C11H14ClFN2O.ClH/c1-11(2,14)6-15-10(16)8-4-3-7(12)5-9(8)13;/h3-5H,6,14H2,1-2H3,(H,15,16);1H. The molecule has 3 nitrogen and oxygen atoms in total. The molecule has 0 atom stereocenters. The van der Waals surface area contributed by atoms with Crippen molar-refractivity contribution in [2.45, 2.75) is 19.4 Å². The van der Waals surface area contributed by atoms with Crippen LogP contribution >= 0.6 is 24.0 Å². The van der Waals surface area contributed by atoms with Crippen LogP contribution in [-0.2, 0) is 0 Å². The van der Waals surface area contributed by atoms with Crippen LogP contribution in [0.3, 0.4) is 0 Å². The first-order valence-electron chi connectivity index (χ1n) is 4.82. The summed E-state index contributed by atoms with van der Waals surface area (Å²) in [5, 5.41) is 2.81. The third-order valence-electron chi connectivity index (χ3n) is 1.88. The van der Waals surface area contributed by atoms with Crippen molar-refractivity contribution >= 4 is 29.9 Å². The van der Waals surface area contributed by atoms with Crippen LogP contribution in [0.5, 0.6) is 0 Å². The van der Waals surface area contributed by atoms with Crippen LogP contribution in [0.25, 0.3) is 0 Å². The van der Waals surface area contributed by atoms with Crippen LogP contribution in [0.1, 0.15) is 24.2 Å². The van der Waals surface area contributed by atoms with Gasteiger partial charge in [-0.05, 0) is 32.0 Å². The Bertz CT molecular complexity index is 405. The smallest absolute Gasteiger partial charge is 0.254 e. The summed E-state index contributed by atoms with van der Waals surface area (Å²) in [6.45, 7) is 3.81. The molecule has 0 heterocycles. The minimum Gasteiger partial charge on any atom is -0.350 e. The van der Waals surface area contributed by atoms with Gasteiger partial charge in [-0.3, -0.25) is 4.79 Å². The number of rotatable bonds is 3. The van der Waals surface area contributed by atoms with Gasteiger partial charge in [-0.2, -0.15) is 0 Å². The monoisotopic (exact) mass is 280 g/mol. The van der Waals surface area contributed by atoms with Crippen molar-refractivity contribution in [3.63, 3.8) is 0 Å². The fourth-order valence-corrected chi connectivity index (χ4v) is 1.24. The van der Waals surface area contributed by atoms with Gasteiger partial charge >= 0.3 is 0 Å². The van der Waals surface area contributed by atoms with Gasteiger partial charge in [-0.1, -0.05) is 11.6 Å². The molecule has 0 saturated carbocycles. The lowest BCUT2D eigenvalue weighted by molar-refractivity contribution is 0.0942. The molecular formula is C11H15Cl2FN2O. The Morgan fingerprint density at radius 1 is 1.53 bits per heavy atom. The summed E-state index contributed by atoms with van der Waals surface area (Å²) < 4.78 is 13.3. The normalized spacial score (nSPS) is 10.6. The van der Waals surface area contributed by atoms with Crippen molar-refractivity contribution < 1.29 is 9.18 Å². The van der Waals surface area contributed by atoms with Crippen LogP contribution < -0.4 is 11.1 Å². The Morgan fingerprint density at radius 3 is 2.59 bits per heavy atom. The number of nitrogens with one attached hydrogen (secondary N) is 1. The number of carbonyl (C=O) groups excluding carboxylic acids is 1. The lowest BCUT2D eigenvalue weighted by Gasteiger charge is -2.18. The second-order valence-corrected chi connectivity index (χ2v) is 4.73. The molecule has 0 unspecified atom stereocenters. The number of hydrogen-bond acceptors (Lipinski definition) is 2. The van der Waals surface area contributed by atoms with Crippen molar-refractivity contribution in [2.24, 2.45) is 5.73 Å². The van der Waals surface area contributed by atoms with Crippen LogP contribution in [0.2, 0.25) is 5.02 Å². The van der Waals surface area contributed by atoms with Crippen molar-refractivity contribution in [3.05, 3.63) is 34.6 Å². The third kappa shape index (κ3) is 5.35. The number of halogens is 3. The highest BCUT2D eigenvalue weighted by Gasteiger charge is 2.15. The summed E-state index contributed by atoms with van der Waals surface area (Å²) in [7, 11) is 0. The first-order chi connectivity index (χ1) is 7.29. The van der Waals surface area contributed by atoms with Gasteiger partial charge < -0.3 is 11.1 Å². The van der Waals surface area contributed by atoms with Crippen molar-refractivity contribution in [1.29, 1.82) is 0 Å². The van der Waals surface area contributed by atoms with Crippen molar-refractivity contribution in [3.8, 4) is 0 Å². The molecular weight excluding hydrogens is 266 g/mol. The molecule has 3 N–H and O–H groups in total. The average Bonchev–Trinajstić information content (AvgIpc) is 2.13. The summed E-state index contributed by atoms with van der Waals surface area (Å²) in [4.78, 5) is 11.6. The van der Waals surface area contributed by atoms with E-state index >= 15 is 0 Å². The van der Waals surface area contributed by atoms with Crippen molar-refractivity contribution in [1.82, 2.24) is 5.32 Å². The van der Waals surface area contributed by atoms with Gasteiger partial charge in [0.15, 0.2) is 0 Å². The number of benzene rings is 1. The summed E-state index contributed by atoms with van der Waals surface area (Å²) in [6.07, 6.45) is 0. The van der Waals surface area contributed by atoms with Crippen LogP contribution in [-0.4, -0.2) is 18.0 Å². The second kappa shape index (κ2) is 6.19. The Hall–Kier alpha value is -0.840. The highest BCUT2D eigenvalue weighted by molar-refractivity contribution is 6.30. The average molecular weight is 281 g/mol. The second-order valence-electron chi connectivity index (χ2n) is 4.30.